The molecule has 0 aromatic heterocycles. The number of alkyl halides is 3. The van der Waals surface area contributed by atoms with Crippen LogP contribution in [-0.2, 0) is 0 Å². The van der Waals surface area contributed by atoms with E-state index in [0.29, 0.717) is 33.7 Å². The molecule has 0 heterocycles. The molecular weight excluding hydrogens is 413 g/mol. The summed E-state index contributed by atoms with van der Waals surface area (Å²) in [6.07, 6.45) is 0. The van der Waals surface area contributed by atoms with Crippen molar-refractivity contribution in [3.8, 4) is 11.5 Å². The second-order valence-electron chi connectivity index (χ2n) is 4.98. The molecule has 24 heavy (non-hydrogen) atoms. The summed E-state index contributed by atoms with van der Waals surface area (Å²) >= 11 is 31.4. The molecule has 0 saturated carbocycles. The zero-order valence-electron chi connectivity index (χ0n) is 13.0. The lowest BCUT2D eigenvalue weighted by atomic mass is 9.92. The van der Waals surface area contributed by atoms with Crippen LogP contribution in [0.1, 0.15) is 24.0 Å². The summed E-state index contributed by atoms with van der Waals surface area (Å²) in [7, 11) is 1.59. The Hall–Kier alpha value is -0.510. The van der Waals surface area contributed by atoms with E-state index in [9.17, 15) is 0 Å². The summed E-state index contributed by atoms with van der Waals surface area (Å²) in [6.45, 7) is 2.33. The molecule has 0 amide bonds. The molecule has 2 aromatic rings. The molecule has 2 aromatic carbocycles. The average molecular weight is 429 g/mol. The van der Waals surface area contributed by atoms with Crippen LogP contribution in [0.2, 0.25) is 10.0 Å². The molecule has 0 aliphatic rings. The molecule has 0 aliphatic heterocycles. The normalized spacial score (nSPS) is 12.8. The Balaban J connectivity index is 2.54. The predicted molar refractivity (Wildman–Crippen MR) is 103 cm³/mol. The van der Waals surface area contributed by atoms with Gasteiger partial charge in [0.15, 0.2) is 0 Å². The highest BCUT2D eigenvalue weighted by molar-refractivity contribution is 6.68. The van der Waals surface area contributed by atoms with Gasteiger partial charge in [-0.3, -0.25) is 0 Å². The Kier molecular flexibility index (Phi) is 6.81. The molecule has 0 bridgehead atoms. The number of benzene rings is 2. The highest BCUT2D eigenvalue weighted by Gasteiger charge is 2.37. The lowest BCUT2D eigenvalue weighted by Crippen LogP contribution is -2.19. The van der Waals surface area contributed by atoms with Crippen molar-refractivity contribution in [2.45, 2.75) is 16.6 Å². The van der Waals surface area contributed by atoms with Gasteiger partial charge in [0.2, 0.25) is 3.79 Å². The van der Waals surface area contributed by atoms with Crippen molar-refractivity contribution in [2.75, 3.05) is 13.7 Å². The van der Waals surface area contributed by atoms with Crippen LogP contribution in [0.25, 0.3) is 0 Å². The van der Waals surface area contributed by atoms with E-state index in [2.05, 4.69) is 0 Å². The van der Waals surface area contributed by atoms with E-state index in [-0.39, 0.29) is 0 Å². The first-order chi connectivity index (χ1) is 11.3. The minimum absolute atomic E-state index is 0.406. The van der Waals surface area contributed by atoms with Crippen LogP contribution in [0.15, 0.2) is 36.4 Å². The van der Waals surface area contributed by atoms with Crippen LogP contribution in [-0.4, -0.2) is 17.5 Å². The second-order valence-corrected chi connectivity index (χ2v) is 8.17. The minimum atomic E-state index is -1.62. The van der Waals surface area contributed by atoms with Gasteiger partial charge in [-0.15, -0.1) is 0 Å². The first kappa shape index (κ1) is 19.8. The van der Waals surface area contributed by atoms with E-state index >= 15 is 0 Å². The number of halogens is 5. The number of methoxy groups -OCH3 is 1. The van der Waals surface area contributed by atoms with Gasteiger partial charge in [-0.1, -0.05) is 70.1 Å². The van der Waals surface area contributed by atoms with Gasteiger partial charge in [-0.25, -0.2) is 0 Å². The van der Waals surface area contributed by atoms with E-state index in [1.54, 1.807) is 31.4 Å². The van der Waals surface area contributed by atoms with Crippen molar-refractivity contribution >= 4 is 58.0 Å². The molecule has 0 radical (unpaired) electrons. The first-order valence-corrected chi connectivity index (χ1v) is 8.99. The van der Waals surface area contributed by atoms with Gasteiger partial charge in [0.25, 0.3) is 0 Å². The first-order valence-electron chi connectivity index (χ1n) is 7.10. The van der Waals surface area contributed by atoms with Gasteiger partial charge in [0, 0.05) is 11.1 Å². The molecule has 0 fully saturated rings. The Morgan fingerprint density at radius 2 is 1.62 bits per heavy atom. The molecule has 7 heteroatoms. The lowest BCUT2D eigenvalue weighted by molar-refractivity contribution is 0.340. The molecule has 0 aliphatic carbocycles. The Bertz CT molecular complexity index is 695. The zero-order chi connectivity index (χ0) is 17.9. The molecule has 130 valence electrons. The minimum Gasteiger partial charge on any atom is -0.497 e. The van der Waals surface area contributed by atoms with Crippen LogP contribution in [0.5, 0.6) is 11.5 Å². The quantitative estimate of drug-likeness (QED) is 0.482. The van der Waals surface area contributed by atoms with Gasteiger partial charge in [0.1, 0.15) is 11.5 Å². The van der Waals surface area contributed by atoms with Crippen LogP contribution in [0.4, 0.5) is 0 Å². The largest absolute Gasteiger partial charge is 0.497 e. The Morgan fingerprint density at radius 1 is 1.00 bits per heavy atom. The van der Waals surface area contributed by atoms with E-state index in [1.807, 2.05) is 19.1 Å². The van der Waals surface area contributed by atoms with Gasteiger partial charge in [0.05, 0.1) is 24.7 Å². The summed E-state index contributed by atoms with van der Waals surface area (Å²) in [6, 6.07) is 10.5. The lowest BCUT2D eigenvalue weighted by Gasteiger charge is -2.27. The average Bonchev–Trinajstić information content (AvgIpc) is 2.52. The van der Waals surface area contributed by atoms with Gasteiger partial charge >= 0.3 is 0 Å². The molecule has 0 N–H and O–H groups in total. The molecule has 2 nitrogen and oxygen atoms in total. The third-order valence-electron chi connectivity index (χ3n) is 3.44. The Morgan fingerprint density at radius 3 is 2.12 bits per heavy atom. The maximum absolute atomic E-state index is 6.41. The highest BCUT2D eigenvalue weighted by atomic mass is 35.6. The SMILES string of the molecule is CCOc1cc(Cl)c([C@H](c2ccc(OC)cc2)C(Cl)(Cl)Cl)cc1Cl. The highest BCUT2D eigenvalue weighted by Crippen LogP contribution is 2.49. The second kappa shape index (κ2) is 8.25. The van der Waals surface area contributed by atoms with Crippen LogP contribution in [0.3, 0.4) is 0 Å². The third-order valence-corrected chi connectivity index (χ3v) is 4.72. The third kappa shape index (κ3) is 4.56. The monoisotopic (exact) mass is 426 g/mol. The Labute approximate surface area is 166 Å². The summed E-state index contributed by atoms with van der Waals surface area (Å²) in [5.74, 6) is 0.595. The summed E-state index contributed by atoms with van der Waals surface area (Å²) in [5, 5.41) is 0.819. The van der Waals surface area contributed by atoms with E-state index in [0.717, 1.165) is 5.56 Å². The van der Waals surface area contributed by atoms with Crippen molar-refractivity contribution in [1.29, 1.82) is 0 Å². The molecular formula is C17H15Cl5O2. The van der Waals surface area contributed by atoms with Crippen molar-refractivity contribution in [3.05, 3.63) is 57.6 Å². The molecule has 0 unspecified atom stereocenters. The van der Waals surface area contributed by atoms with E-state index in [4.69, 9.17) is 67.5 Å². The summed E-state index contributed by atoms with van der Waals surface area (Å²) in [4.78, 5) is 0. The number of ether oxygens (including phenoxy) is 2. The fourth-order valence-electron chi connectivity index (χ4n) is 2.37. The predicted octanol–water partition coefficient (Wildman–Crippen LogP) is 6.90. The van der Waals surface area contributed by atoms with Crippen molar-refractivity contribution in [3.63, 3.8) is 0 Å². The summed E-state index contributed by atoms with van der Waals surface area (Å²) in [5.41, 5.74) is 1.38. The fourth-order valence-corrected chi connectivity index (χ4v) is 3.59. The smallest absolute Gasteiger partial charge is 0.201 e. The maximum Gasteiger partial charge on any atom is 0.201 e. The number of hydrogen-bond donors (Lipinski definition) is 0. The molecule has 2 rings (SSSR count). The number of hydrogen-bond acceptors (Lipinski definition) is 2. The van der Waals surface area contributed by atoms with E-state index in [1.165, 1.54) is 0 Å². The van der Waals surface area contributed by atoms with Crippen molar-refractivity contribution < 1.29 is 9.47 Å². The molecule has 0 saturated heterocycles. The fraction of sp³-hybridized carbons (Fsp3) is 0.294. The number of rotatable bonds is 5. The standard InChI is InChI=1S/C17H15Cl5O2/c1-3-24-15-9-13(18)12(8-14(15)19)16(17(20,21)22)10-4-6-11(23-2)7-5-10/h4-9,16H,3H2,1-2H3/t16-/m0/s1. The maximum atomic E-state index is 6.41. The van der Waals surface area contributed by atoms with E-state index < -0.39 is 9.71 Å². The van der Waals surface area contributed by atoms with Gasteiger partial charge in [-0.2, -0.15) is 0 Å². The van der Waals surface area contributed by atoms with Crippen LogP contribution >= 0.6 is 58.0 Å². The molecule has 1 atom stereocenters. The molecule has 0 spiro atoms. The summed E-state index contributed by atoms with van der Waals surface area (Å²) < 4.78 is 8.99. The van der Waals surface area contributed by atoms with Crippen LogP contribution < -0.4 is 9.47 Å². The van der Waals surface area contributed by atoms with Crippen molar-refractivity contribution in [2.24, 2.45) is 0 Å². The zero-order valence-corrected chi connectivity index (χ0v) is 16.7. The van der Waals surface area contributed by atoms with Crippen LogP contribution in [0, 0.1) is 0 Å². The topological polar surface area (TPSA) is 18.5 Å². The van der Waals surface area contributed by atoms with Gasteiger partial charge < -0.3 is 9.47 Å². The van der Waals surface area contributed by atoms with Crippen molar-refractivity contribution in [1.82, 2.24) is 0 Å². The van der Waals surface area contributed by atoms with Gasteiger partial charge in [-0.05, 0) is 36.2 Å².